The molecule has 0 aliphatic rings. The van der Waals surface area contributed by atoms with Gasteiger partial charge in [0, 0.05) is 18.4 Å². The second-order valence-electron chi connectivity index (χ2n) is 5.05. The maximum atomic E-state index is 11.9. The molecule has 1 aromatic rings. The molecule has 0 spiro atoms. The average Bonchev–Trinajstić information content (AvgIpc) is 2.43. The Balaban J connectivity index is 2.23. The van der Waals surface area contributed by atoms with Crippen molar-refractivity contribution in [3.63, 3.8) is 0 Å². The molecule has 1 aromatic carbocycles. The van der Waals surface area contributed by atoms with Crippen molar-refractivity contribution >= 4 is 5.78 Å². The summed E-state index contributed by atoms with van der Waals surface area (Å²) in [6, 6.07) is 7.77. The topological polar surface area (TPSA) is 26.3 Å². The van der Waals surface area contributed by atoms with Crippen LogP contribution in [0, 0.1) is 0 Å². The van der Waals surface area contributed by atoms with E-state index in [2.05, 4.69) is 6.92 Å². The summed E-state index contributed by atoms with van der Waals surface area (Å²) in [4.78, 5) is 11.9. The van der Waals surface area contributed by atoms with Crippen LogP contribution in [-0.4, -0.2) is 12.9 Å². The predicted octanol–water partition coefficient (Wildman–Crippen LogP) is 4.56. The molecule has 0 heterocycles. The Morgan fingerprint density at radius 2 is 1.74 bits per heavy atom. The zero-order valence-corrected chi connectivity index (χ0v) is 12.3. The SMILES string of the molecule is CCCCCCCCC(=O)Cc1ccccc1OC. The number of carbonyl (C=O) groups excluding carboxylic acids is 1. The van der Waals surface area contributed by atoms with Crippen LogP contribution >= 0.6 is 0 Å². The zero-order chi connectivity index (χ0) is 13.9. The van der Waals surface area contributed by atoms with Crippen molar-refractivity contribution in [1.82, 2.24) is 0 Å². The minimum atomic E-state index is 0.319. The molecule has 19 heavy (non-hydrogen) atoms. The van der Waals surface area contributed by atoms with E-state index in [-0.39, 0.29) is 0 Å². The van der Waals surface area contributed by atoms with Gasteiger partial charge in [-0.2, -0.15) is 0 Å². The predicted molar refractivity (Wildman–Crippen MR) is 79.7 cm³/mol. The van der Waals surface area contributed by atoms with E-state index in [4.69, 9.17) is 4.74 Å². The number of hydrogen-bond acceptors (Lipinski definition) is 2. The summed E-state index contributed by atoms with van der Waals surface area (Å²) in [7, 11) is 1.65. The molecule has 0 bridgehead atoms. The first-order valence-corrected chi connectivity index (χ1v) is 7.41. The van der Waals surface area contributed by atoms with Crippen LogP contribution in [0.15, 0.2) is 24.3 Å². The Morgan fingerprint density at radius 3 is 2.47 bits per heavy atom. The second kappa shape index (κ2) is 9.60. The summed E-state index contributed by atoms with van der Waals surface area (Å²) < 4.78 is 5.26. The molecule has 0 aliphatic carbocycles. The van der Waals surface area contributed by atoms with Gasteiger partial charge in [0.15, 0.2) is 0 Å². The van der Waals surface area contributed by atoms with Crippen molar-refractivity contribution in [1.29, 1.82) is 0 Å². The largest absolute Gasteiger partial charge is 0.496 e. The fraction of sp³-hybridized carbons (Fsp3) is 0.588. The molecule has 0 saturated heterocycles. The molecule has 0 amide bonds. The lowest BCUT2D eigenvalue weighted by Gasteiger charge is -2.07. The van der Waals surface area contributed by atoms with Gasteiger partial charge < -0.3 is 4.74 Å². The lowest BCUT2D eigenvalue weighted by Crippen LogP contribution is -2.04. The third-order valence-corrected chi connectivity index (χ3v) is 3.39. The lowest BCUT2D eigenvalue weighted by molar-refractivity contribution is -0.118. The monoisotopic (exact) mass is 262 g/mol. The Kier molecular flexibility index (Phi) is 7.95. The Morgan fingerprint density at radius 1 is 1.05 bits per heavy atom. The number of unbranched alkanes of at least 4 members (excludes halogenated alkanes) is 5. The second-order valence-corrected chi connectivity index (χ2v) is 5.05. The average molecular weight is 262 g/mol. The molecular formula is C17H26O2. The van der Waals surface area contributed by atoms with Gasteiger partial charge in [-0.15, -0.1) is 0 Å². The number of methoxy groups -OCH3 is 1. The molecule has 2 heteroatoms. The van der Waals surface area contributed by atoms with Gasteiger partial charge in [-0.3, -0.25) is 4.79 Å². The van der Waals surface area contributed by atoms with Crippen LogP contribution in [0.3, 0.4) is 0 Å². The maximum Gasteiger partial charge on any atom is 0.137 e. The third kappa shape index (κ3) is 6.42. The van der Waals surface area contributed by atoms with E-state index >= 15 is 0 Å². The van der Waals surface area contributed by atoms with Crippen LogP contribution < -0.4 is 4.74 Å². The number of hydrogen-bond donors (Lipinski definition) is 0. The summed E-state index contributed by atoms with van der Waals surface area (Å²) in [5.74, 6) is 1.14. The lowest BCUT2D eigenvalue weighted by atomic mass is 10.0. The molecule has 0 aromatic heterocycles. The molecule has 0 atom stereocenters. The fourth-order valence-corrected chi connectivity index (χ4v) is 2.25. The number of ether oxygens (including phenoxy) is 1. The van der Waals surface area contributed by atoms with E-state index in [0.29, 0.717) is 18.6 Å². The van der Waals surface area contributed by atoms with Crippen LogP contribution in [0.25, 0.3) is 0 Å². The fourth-order valence-electron chi connectivity index (χ4n) is 2.25. The number of ketones is 1. The number of para-hydroxylation sites is 1. The molecule has 0 N–H and O–H groups in total. The third-order valence-electron chi connectivity index (χ3n) is 3.39. The van der Waals surface area contributed by atoms with Crippen molar-refractivity contribution in [3.05, 3.63) is 29.8 Å². The molecule has 0 radical (unpaired) electrons. The minimum absolute atomic E-state index is 0.319. The molecule has 2 nitrogen and oxygen atoms in total. The van der Waals surface area contributed by atoms with E-state index in [1.165, 1.54) is 32.1 Å². The highest BCUT2D eigenvalue weighted by Crippen LogP contribution is 2.19. The molecule has 0 fully saturated rings. The molecule has 0 unspecified atom stereocenters. The van der Waals surface area contributed by atoms with Crippen LogP contribution in [0.2, 0.25) is 0 Å². The first kappa shape index (κ1) is 15.7. The van der Waals surface area contributed by atoms with Gasteiger partial charge in [-0.1, -0.05) is 57.2 Å². The number of benzene rings is 1. The normalized spacial score (nSPS) is 10.4. The summed E-state index contributed by atoms with van der Waals surface area (Å²) in [6.45, 7) is 2.22. The Labute approximate surface area is 117 Å². The van der Waals surface area contributed by atoms with Crippen LogP contribution in [0.1, 0.15) is 57.4 Å². The van der Waals surface area contributed by atoms with Crippen molar-refractivity contribution < 1.29 is 9.53 Å². The summed E-state index contributed by atoms with van der Waals surface area (Å²) in [5, 5.41) is 0. The highest BCUT2D eigenvalue weighted by Gasteiger charge is 2.07. The quantitative estimate of drug-likeness (QED) is 0.578. The van der Waals surface area contributed by atoms with E-state index < -0.39 is 0 Å². The van der Waals surface area contributed by atoms with Crippen molar-refractivity contribution in [2.75, 3.05) is 7.11 Å². The van der Waals surface area contributed by atoms with Crippen molar-refractivity contribution in [3.8, 4) is 5.75 Å². The van der Waals surface area contributed by atoms with Gasteiger partial charge in [0.1, 0.15) is 11.5 Å². The zero-order valence-electron chi connectivity index (χ0n) is 12.3. The van der Waals surface area contributed by atoms with E-state index in [9.17, 15) is 4.79 Å². The van der Waals surface area contributed by atoms with Crippen molar-refractivity contribution in [2.45, 2.75) is 58.3 Å². The molecule has 0 aliphatic heterocycles. The molecule has 1 rings (SSSR count). The standard InChI is InChI=1S/C17H26O2/c1-3-4-5-6-7-8-12-16(18)14-15-11-9-10-13-17(15)19-2/h9-11,13H,3-8,12,14H2,1-2H3. The van der Waals surface area contributed by atoms with Crippen LogP contribution in [0.5, 0.6) is 5.75 Å². The number of Topliss-reactive ketones (excluding diaryl/α,β-unsaturated/α-hetero) is 1. The summed E-state index contributed by atoms with van der Waals surface area (Å²) in [5.41, 5.74) is 1.00. The maximum absolute atomic E-state index is 11.9. The Hall–Kier alpha value is -1.31. The number of rotatable bonds is 10. The highest BCUT2D eigenvalue weighted by atomic mass is 16.5. The van der Waals surface area contributed by atoms with Crippen LogP contribution in [0.4, 0.5) is 0 Å². The van der Waals surface area contributed by atoms with E-state index in [1.807, 2.05) is 24.3 Å². The van der Waals surface area contributed by atoms with E-state index in [1.54, 1.807) is 7.11 Å². The van der Waals surface area contributed by atoms with Gasteiger partial charge in [-0.05, 0) is 12.5 Å². The van der Waals surface area contributed by atoms with Gasteiger partial charge in [0.25, 0.3) is 0 Å². The minimum Gasteiger partial charge on any atom is -0.496 e. The smallest absolute Gasteiger partial charge is 0.137 e. The highest BCUT2D eigenvalue weighted by molar-refractivity contribution is 5.81. The van der Waals surface area contributed by atoms with Gasteiger partial charge in [0.05, 0.1) is 7.11 Å². The van der Waals surface area contributed by atoms with E-state index in [0.717, 1.165) is 17.7 Å². The molecule has 0 saturated carbocycles. The summed E-state index contributed by atoms with van der Waals surface area (Å²) >= 11 is 0. The van der Waals surface area contributed by atoms with Gasteiger partial charge >= 0.3 is 0 Å². The van der Waals surface area contributed by atoms with Gasteiger partial charge in [0.2, 0.25) is 0 Å². The first-order valence-electron chi connectivity index (χ1n) is 7.41. The Bertz CT molecular complexity index is 371. The van der Waals surface area contributed by atoms with Crippen molar-refractivity contribution in [2.24, 2.45) is 0 Å². The number of carbonyl (C=O) groups is 1. The molecule has 106 valence electrons. The van der Waals surface area contributed by atoms with Crippen LogP contribution in [-0.2, 0) is 11.2 Å². The van der Waals surface area contributed by atoms with Gasteiger partial charge in [-0.25, -0.2) is 0 Å². The summed E-state index contributed by atoms with van der Waals surface area (Å²) in [6.07, 6.45) is 8.55. The first-order chi connectivity index (χ1) is 9.27. The molecular weight excluding hydrogens is 236 g/mol.